The molecule has 4 rings (SSSR count). The van der Waals surface area contributed by atoms with Gasteiger partial charge < -0.3 is 10.2 Å². The molecule has 0 aliphatic carbocycles. The lowest BCUT2D eigenvalue weighted by Crippen LogP contribution is -2.52. The number of carbonyl (C=O) groups excluding carboxylic acids is 2. The lowest BCUT2D eigenvalue weighted by atomic mass is 10.00. The fourth-order valence-corrected chi connectivity index (χ4v) is 3.30. The Hall–Kier alpha value is -3.21. The second kappa shape index (κ2) is 6.36. The number of fused-ring (bicyclic) bond motifs is 1. The van der Waals surface area contributed by atoms with Crippen molar-refractivity contribution < 1.29 is 9.59 Å². The number of hydrogen-bond acceptors (Lipinski definition) is 3. The summed E-state index contributed by atoms with van der Waals surface area (Å²) < 4.78 is 0. The maximum absolute atomic E-state index is 13.3. The number of benzene rings is 2. The number of amides is 2. The van der Waals surface area contributed by atoms with E-state index >= 15 is 0 Å². The molecule has 1 N–H and O–H groups in total. The second-order valence-corrected chi connectivity index (χ2v) is 5.98. The number of nitrogens with zero attached hydrogens (tertiary/aromatic N) is 2. The fourth-order valence-electron chi connectivity index (χ4n) is 3.30. The Morgan fingerprint density at radius 2 is 1.88 bits per heavy atom. The van der Waals surface area contributed by atoms with E-state index in [-0.39, 0.29) is 11.8 Å². The van der Waals surface area contributed by atoms with Crippen molar-refractivity contribution in [2.75, 3.05) is 13.1 Å². The summed E-state index contributed by atoms with van der Waals surface area (Å²) in [6, 6.07) is 18.0. The van der Waals surface area contributed by atoms with Crippen LogP contribution in [-0.4, -0.2) is 34.8 Å². The first-order valence-electron chi connectivity index (χ1n) is 8.23. The van der Waals surface area contributed by atoms with Crippen molar-refractivity contribution in [3.05, 3.63) is 78.0 Å². The second-order valence-electron chi connectivity index (χ2n) is 5.98. The van der Waals surface area contributed by atoms with E-state index in [4.69, 9.17) is 0 Å². The Labute approximate surface area is 145 Å². The maximum atomic E-state index is 13.3. The molecule has 0 bridgehead atoms. The molecule has 25 heavy (non-hydrogen) atoms. The van der Waals surface area contributed by atoms with Crippen molar-refractivity contribution in [1.82, 2.24) is 15.2 Å². The van der Waals surface area contributed by atoms with E-state index in [1.165, 1.54) is 0 Å². The molecule has 1 saturated heterocycles. The highest BCUT2D eigenvalue weighted by molar-refractivity contribution is 6.07. The van der Waals surface area contributed by atoms with Gasteiger partial charge in [-0.05, 0) is 23.8 Å². The molecule has 124 valence electrons. The molecule has 0 unspecified atom stereocenters. The van der Waals surface area contributed by atoms with Crippen LogP contribution in [0.25, 0.3) is 10.9 Å². The van der Waals surface area contributed by atoms with Gasteiger partial charge in [0.2, 0.25) is 5.91 Å². The molecular formula is C20H17N3O2. The predicted molar refractivity (Wildman–Crippen MR) is 95.0 cm³/mol. The van der Waals surface area contributed by atoms with Crippen molar-refractivity contribution in [2.45, 2.75) is 6.04 Å². The molecule has 0 spiro atoms. The average molecular weight is 331 g/mol. The minimum absolute atomic E-state index is 0.149. The minimum atomic E-state index is -0.616. The van der Waals surface area contributed by atoms with Gasteiger partial charge >= 0.3 is 0 Å². The van der Waals surface area contributed by atoms with Crippen LogP contribution in [0.2, 0.25) is 0 Å². The van der Waals surface area contributed by atoms with Gasteiger partial charge in [0.25, 0.3) is 5.91 Å². The highest BCUT2D eigenvalue weighted by atomic mass is 16.2. The highest BCUT2D eigenvalue weighted by Crippen LogP contribution is 2.27. The van der Waals surface area contributed by atoms with Crippen LogP contribution in [0.5, 0.6) is 0 Å². The molecule has 5 heteroatoms. The van der Waals surface area contributed by atoms with Crippen molar-refractivity contribution in [3.63, 3.8) is 0 Å². The third-order valence-corrected chi connectivity index (χ3v) is 4.46. The Morgan fingerprint density at radius 3 is 2.72 bits per heavy atom. The van der Waals surface area contributed by atoms with Gasteiger partial charge in [0.1, 0.15) is 6.04 Å². The molecule has 2 aromatic carbocycles. The molecule has 0 saturated carbocycles. The molecule has 1 aliphatic rings. The maximum Gasteiger partial charge on any atom is 0.255 e. The molecule has 2 heterocycles. The lowest BCUT2D eigenvalue weighted by Gasteiger charge is -2.35. The predicted octanol–water partition coefficient (Wildman–Crippen LogP) is 2.55. The van der Waals surface area contributed by atoms with Gasteiger partial charge in [0, 0.05) is 30.2 Å². The van der Waals surface area contributed by atoms with Gasteiger partial charge in [-0.1, -0.05) is 42.5 Å². The van der Waals surface area contributed by atoms with Crippen LogP contribution in [0.1, 0.15) is 22.0 Å². The zero-order valence-corrected chi connectivity index (χ0v) is 13.6. The van der Waals surface area contributed by atoms with E-state index in [2.05, 4.69) is 10.3 Å². The van der Waals surface area contributed by atoms with Crippen LogP contribution < -0.4 is 5.32 Å². The largest absolute Gasteiger partial charge is 0.352 e. The van der Waals surface area contributed by atoms with Crippen molar-refractivity contribution in [2.24, 2.45) is 0 Å². The number of pyridine rings is 1. The minimum Gasteiger partial charge on any atom is -0.352 e. The van der Waals surface area contributed by atoms with E-state index in [1.807, 2.05) is 54.6 Å². The molecule has 0 radical (unpaired) electrons. The zero-order valence-electron chi connectivity index (χ0n) is 13.6. The first-order chi connectivity index (χ1) is 12.3. The Bertz CT molecular complexity index is 935. The van der Waals surface area contributed by atoms with Crippen LogP contribution in [0.4, 0.5) is 0 Å². The number of hydrogen-bond donors (Lipinski definition) is 1. The lowest BCUT2D eigenvalue weighted by molar-refractivity contribution is -0.128. The number of nitrogens with one attached hydrogen (secondary N) is 1. The summed E-state index contributed by atoms with van der Waals surface area (Å²) in [6.45, 7) is 0.928. The number of rotatable bonds is 2. The van der Waals surface area contributed by atoms with E-state index in [1.54, 1.807) is 17.2 Å². The topological polar surface area (TPSA) is 62.3 Å². The van der Waals surface area contributed by atoms with E-state index in [9.17, 15) is 9.59 Å². The third-order valence-electron chi connectivity index (χ3n) is 4.46. The van der Waals surface area contributed by atoms with Crippen LogP contribution in [0, 0.1) is 0 Å². The van der Waals surface area contributed by atoms with Gasteiger partial charge in [0.05, 0.1) is 5.52 Å². The van der Waals surface area contributed by atoms with E-state index in [0.717, 1.165) is 16.5 Å². The first-order valence-corrected chi connectivity index (χ1v) is 8.23. The summed E-state index contributed by atoms with van der Waals surface area (Å²) in [5.74, 6) is -0.300. The quantitative estimate of drug-likeness (QED) is 0.785. The standard InChI is InChI=1S/C20H17N3O2/c24-19-18(14-6-2-1-3-7-14)23(13-12-22-19)20(25)16-8-4-10-17-15(16)9-5-11-21-17/h1-11,18H,12-13H2,(H,22,24)/t18-/m1/s1. The summed E-state index contributed by atoms with van der Waals surface area (Å²) in [5, 5.41) is 3.66. The summed E-state index contributed by atoms with van der Waals surface area (Å²) in [7, 11) is 0. The summed E-state index contributed by atoms with van der Waals surface area (Å²) in [6.07, 6.45) is 1.71. The molecule has 2 amide bonds. The molecule has 1 aromatic heterocycles. The van der Waals surface area contributed by atoms with Crippen LogP contribution in [0.15, 0.2) is 66.9 Å². The van der Waals surface area contributed by atoms with Gasteiger partial charge in [-0.15, -0.1) is 0 Å². The van der Waals surface area contributed by atoms with Gasteiger partial charge in [0.15, 0.2) is 0 Å². The molecule has 1 atom stereocenters. The van der Waals surface area contributed by atoms with E-state index in [0.29, 0.717) is 18.7 Å². The fraction of sp³-hybridized carbons (Fsp3) is 0.150. The molecule has 1 aliphatic heterocycles. The molecule has 5 nitrogen and oxygen atoms in total. The molecular weight excluding hydrogens is 314 g/mol. The molecule has 3 aromatic rings. The highest BCUT2D eigenvalue weighted by Gasteiger charge is 2.35. The smallest absolute Gasteiger partial charge is 0.255 e. The number of carbonyl (C=O) groups is 2. The Kier molecular flexibility index (Phi) is 3.90. The van der Waals surface area contributed by atoms with Gasteiger partial charge in [-0.3, -0.25) is 14.6 Å². The van der Waals surface area contributed by atoms with Crippen molar-refractivity contribution in [3.8, 4) is 0 Å². The summed E-state index contributed by atoms with van der Waals surface area (Å²) in [4.78, 5) is 31.7. The zero-order chi connectivity index (χ0) is 17.2. The normalized spacial score (nSPS) is 17.4. The Morgan fingerprint density at radius 1 is 1.04 bits per heavy atom. The van der Waals surface area contributed by atoms with Crippen LogP contribution in [-0.2, 0) is 4.79 Å². The molecule has 1 fully saturated rings. The van der Waals surface area contributed by atoms with Gasteiger partial charge in [-0.25, -0.2) is 0 Å². The van der Waals surface area contributed by atoms with Crippen molar-refractivity contribution in [1.29, 1.82) is 0 Å². The van der Waals surface area contributed by atoms with Gasteiger partial charge in [-0.2, -0.15) is 0 Å². The summed E-state index contributed by atoms with van der Waals surface area (Å²) in [5.41, 5.74) is 2.15. The van der Waals surface area contributed by atoms with Crippen LogP contribution >= 0.6 is 0 Å². The third kappa shape index (κ3) is 2.74. The SMILES string of the molecule is O=C1NCCN(C(=O)c2cccc3ncccc23)[C@@H]1c1ccccc1. The number of piperazine rings is 1. The van der Waals surface area contributed by atoms with E-state index < -0.39 is 6.04 Å². The summed E-state index contributed by atoms with van der Waals surface area (Å²) >= 11 is 0. The number of aromatic nitrogens is 1. The Balaban J connectivity index is 1.78. The first kappa shape index (κ1) is 15.3. The van der Waals surface area contributed by atoms with Crippen molar-refractivity contribution >= 4 is 22.7 Å². The monoisotopic (exact) mass is 331 g/mol. The average Bonchev–Trinajstić information content (AvgIpc) is 2.67. The van der Waals surface area contributed by atoms with Crippen LogP contribution in [0.3, 0.4) is 0 Å².